The van der Waals surface area contributed by atoms with E-state index in [-0.39, 0.29) is 11.7 Å². The van der Waals surface area contributed by atoms with Gasteiger partial charge in [0, 0.05) is 17.7 Å². The lowest BCUT2D eigenvalue weighted by Crippen LogP contribution is -2.07. The van der Waals surface area contributed by atoms with Gasteiger partial charge in [0.1, 0.15) is 5.82 Å². The van der Waals surface area contributed by atoms with E-state index in [1.807, 2.05) is 36.4 Å². The molecule has 3 N–H and O–H groups in total. The average Bonchev–Trinajstić information content (AvgIpc) is 3.21. The highest BCUT2D eigenvalue weighted by atomic mass is 16.6. The number of aromatic nitrogens is 2. The van der Waals surface area contributed by atoms with Crippen molar-refractivity contribution in [2.24, 2.45) is 5.73 Å². The number of nitro groups is 1. The van der Waals surface area contributed by atoms with Gasteiger partial charge < -0.3 is 10.7 Å². The van der Waals surface area contributed by atoms with E-state index in [4.69, 9.17) is 5.73 Å². The summed E-state index contributed by atoms with van der Waals surface area (Å²) in [6.07, 6.45) is 0. The number of aromatic amines is 1. The molecule has 5 rings (SSSR count). The fourth-order valence-corrected chi connectivity index (χ4v) is 3.73. The van der Waals surface area contributed by atoms with E-state index in [1.54, 1.807) is 6.07 Å². The summed E-state index contributed by atoms with van der Waals surface area (Å²) in [4.78, 5) is 18.5. The van der Waals surface area contributed by atoms with Crippen LogP contribution in [0.15, 0.2) is 60.7 Å². The van der Waals surface area contributed by atoms with E-state index in [0.29, 0.717) is 16.9 Å². The molecule has 1 aliphatic rings. The minimum absolute atomic E-state index is 0.0401. The summed E-state index contributed by atoms with van der Waals surface area (Å²) in [6.45, 7) is 0. The van der Waals surface area contributed by atoms with E-state index in [2.05, 4.69) is 16.0 Å². The lowest BCUT2D eigenvalue weighted by atomic mass is 9.99. The molecule has 6 heteroatoms. The molecule has 0 saturated heterocycles. The normalized spacial score (nSPS) is 15.0. The number of non-ortho nitro benzene ring substituents is 1. The number of nitrogens with one attached hydrogen (secondary N) is 1. The highest BCUT2D eigenvalue weighted by molar-refractivity contribution is 5.92. The van der Waals surface area contributed by atoms with Crippen molar-refractivity contribution in [1.29, 1.82) is 0 Å². The Morgan fingerprint density at radius 2 is 1.77 bits per heavy atom. The summed E-state index contributed by atoms with van der Waals surface area (Å²) < 4.78 is 0. The number of benzene rings is 3. The van der Waals surface area contributed by atoms with Crippen molar-refractivity contribution in [2.75, 3.05) is 0 Å². The number of fused-ring (bicyclic) bond motifs is 4. The number of rotatable bonds is 2. The highest BCUT2D eigenvalue weighted by Crippen LogP contribution is 2.46. The highest BCUT2D eigenvalue weighted by Gasteiger charge is 2.28. The van der Waals surface area contributed by atoms with Gasteiger partial charge in [-0.1, -0.05) is 42.5 Å². The van der Waals surface area contributed by atoms with Crippen LogP contribution in [-0.2, 0) is 0 Å². The zero-order chi connectivity index (χ0) is 17.8. The summed E-state index contributed by atoms with van der Waals surface area (Å²) in [7, 11) is 0. The first-order chi connectivity index (χ1) is 12.6. The van der Waals surface area contributed by atoms with E-state index >= 15 is 0 Å². The molecule has 1 unspecified atom stereocenters. The summed E-state index contributed by atoms with van der Waals surface area (Å²) in [5.41, 5.74) is 13.1. The zero-order valence-corrected chi connectivity index (χ0v) is 13.6. The Balaban J connectivity index is 1.74. The molecule has 4 aromatic rings. The van der Waals surface area contributed by atoms with Crippen molar-refractivity contribution in [3.63, 3.8) is 0 Å². The molecular formula is C20H14N4O2. The van der Waals surface area contributed by atoms with Gasteiger partial charge in [0.25, 0.3) is 5.69 Å². The Morgan fingerprint density at radius 1 is 1.00 bits per heavy atom. The quantitative estimate of drug-likeness (QED) is 0.422. The topological polar surface area (TPSA) is 97.8 Å². The molecule has 0 fully saturated rings. The number of nitro benzene ring substituents is 1. The van der Waals surface area contributed by atoms with E-state index in [9.17, 15) is 10.1 Å². The average molecular weight is 342 g/mol. The van der Waals surface area contributed by atoms with Gasteiger partial charge in [-0.05, 0) is 28.3 Å². The van der Waals surface area contributed by atoms with Gasteiger partial charge in [0.15, 0.2) is 0 Å². The Kier molecular flexibility index (Phi) is 2.98. The zero-order valence-electron chi connectivity index (χ0n) is 13.6. The summed E-state index contributed by atoms with van der Waals surface area (Å²) in [5, 5.41) is 11.0. The number of H-pyrrole nitrogens is 1. The monoisotopic (exact) mass is 342 g/mol. The number of nitrogens with zero attached hydrogens (tertiary/aromatic N) is 2. The Labute approximate surface area is 148 Å². The smallest absolute Gasteiger partial charge is 0.271 e. The van der Waals surface area contributed by atoms with Crippen molar-refractivity contribution in [2.45, 2.75) is 6.04 Å². The molecule has 3 aromatic carbocycles. The number of hydrogen-bond donors (Lipinski definition) is 2. The van der Waals surface area contributed by atoms with Gasteiger partial charge in [-0.25, -0.2) is 4.98 Å². The molecule has 0 radical (unpaired) electrons. The largest absolute Gasteiger partial charge is 0.338 e. The first-order valence-corrected chi connectivity index (χ1v) is 8.26. The standard InChI is InChI=1S/C20H14N4O2/c21-19-13-5-2-1-4-12(13)18-14(19)6-3-7-15(18)20-22-16-9-8-11(24(25)26)10-17(16)23-20/h1-10,19H,21H2,(H,22,23). The van der Waals surface area contributed by atoms with Crippen LogP contribution in [0.4, 0.5) is 5.69 Å². The molecule has 1 heterocycles. The van der Waals surface area contributed by atoms with E-state index in [1.165, 1.54) is 12.1 Å². The second kappa shape index (κ2) is 5.24. The van der Waals surface area contributed by atoms with Gasteiger partial charge in [0.2, 0.25) is 0 Å². The SMILES string of the molecule is NC1c2ccccc2-c2c(-c3nc4ccc([N+](=O)[O-])cc4[nH]3)cccc21. The summed E-state index contributed by atoms with van der Waals surface area (Å²) >= 11 is 0. The molecule has 126 valence electrons. The molecule has 1 aromatic heterocycles. The molecule has 1 aliphatic carbocycles. The second-order valence-electron chi connectivity index (χ2n) is 6.38. The van der Waals surface area contributed by atoms with Crippen LogP contribution in [0.25, 0.3) is 33.5 Å². The van der Waals surface area contributed by atoms with Gasteiger partial charge in [-0.2, -0.15) is 0 Å². The molecule has 0 saturated carbocycles. The molecule has 0 spiro atoms. The first-order valence-electron chi connectivity index (χ1n) is 8.26. The molecular weight excluding hydrogens is 328 g/mol. The third kappa shape index (κ3) is 1.99. The predicted octanol–water partition coefficient (Wildman–Crippen LogP) is 4.17. The maximum Gasteiger partial charge on any atom is 0.271 e. The maximum absolute atomic E-state index is 11.0. The van der Waals surface area contributed by atoms with Crippen LogP contribution in [0.2, 0.25) is 0 Å². The van der Waals surface area contributed by atoms with Crippen LogP contribution in [0.5, 0.6) is 0 Å². The van der Waals surface area contributed by atoms with Crippen molar-refractivity contribution in [3.05, 3.63) is 81.9 Å². The van der Waals surface area contributed by atoms with Crippen LogP contribution in [0, 0.1) is 10.1 Å². The Bertz CT molecular complexity index is 1200. The molecule has 26 heavy (non-hydrogen) atoms. The van der Waals surface area contributed by atoms with Crippen LogP contribution < -0.4 is 5.73 Å². The minimum Gasteiger partial charge on any atom is -0.338 e. The predicted molar refractivity (Wildman–Crippen MR) is 99.7 cm³/mol. The van der Waals surface area contributed by atoms with Crippen molar-refractivity contribution >= 4 is 16.7 Å². The number of nitrogens with two attached hydrogens (primary N) is 1. The lowest BCUT2D eigenvalue weighted by molar-refractivity contribution is -0.384. The fourth-order valence-electron chi connectivity index (χ4n) is 3.73. The van der Waals surface area contributed by atoms with Crippen LogP contribution in [0.1, 0.15) is 17.2 Å². The van der Waals surface area contributed by atoms with Crippen LogP contribution in [0.3, 0.4) is 0 Å². The van der Waals surface area contributed by atoms with Gasteiger partial charge in [0.05, 0.1) is 22.0 Å². The third-order valence-electron chi connectivity index (χ3n) is 4.93. The van der Waals surface area contributed by atoms with E-state index in [0.717, 1.165) is 27.8 Å². The van der Waals surface area contributed by atoms with Crippen molar-refractivity contribution < 1.29 is 4.92 Å². The molecule has 0 amide bonds. The fraction of sp³-hybridized carbons (Fsp3) is 0.0500. The van der Waals surface area contributed by atoms with E-state index < -0.39 is 4.92 Å². The maximum atomic E-state index is 11.0. The molecule has 1 atom stereocenters. The Hall–Kier alpha value is -3.51. The van der Waals surface area contributed by atoms with Crippen LogP contribution >= 0.6 is 0 Å². The molecule has 6 nitrogen and oxygen atoms in total. The minimum atomic E-state index is -0.407. The molecule has 0 aliphatic heterocycles. The lowest BCUT2D eigenvalue weighted by Gasteiger charge is -2.08. The van der Waals surface area contributed by atoms with Gasteiger partial charge in [-0.3, -0.25) is 10.1 Å². The van der Waals surface area contributed by atoms with Crippen LogP contribution in [-0.4, -0.2) is 14.9 Å². The Morgan fingerprint density at radius 3 is 2.62 bits per heavy atom. The first kappa shape index (κ1) is 14.8. The third-order valence-corrected chi connectivity index (χ3v) is 4.93. The summed E-state index contributed by atoms with van der Waals surface area (Å²) in [6, 6.07) is 18.6. The van der Waals surface area contributed by atoms with Gasteiger partial charge in [-0.15, -0.1) is 0 Å². The van der Waals surface area contributed by atoms with Crippen molar-refractivity contribution in [1.82, 2.24) is 9.97 Å². The van der Waals surface area contributed by atoms with Gasteiger partial charge >= 0.3 is 0 Å². The summed E-state index contributed by atoms with van der Waals surface area (Å²) in [5.74, 6) is 0.682. The van der Waals surface area contributed by atoms with Crippen molar-refractivity contribution in [3.8, 4) is 22.5 Å². The second-order valence-corrected chi connectivity index (χ2v) is 6.38. The number of hydrogen-bond acceptors (Lipinski definition) is 4. The molecule has 0 bridgehead atoms. The number of imidazole rings is 1.